The summed E-state index contributed by atoms with van der Waals surface area (Å²) < 4.78 is 6.02. The van der Waals surface area contributed by atoms with E-state index in [1.165, 1.54) is 34.8 Å². The third-order valence-electron chi connectivity index (χ3n) is 4.60. The largest absolute Gasteiger partial charge is 0.375 e. The van der Waals surface area contributed by atoms with Crippen LogP contribution in [0.15, 0.2) is 0 Å². The lowest BCUT2D eigenvalue weighted by molar-refractivity contribution is 0.0858. The summed E-state index contributed by atoms with van der Waals surface area (Å²) in [6.45, 7) is 7.50. The van der Waals surface area contributed by atoms with Crippen LogP contribution in [0.2, 0.25) is 0 Å². The lowest BCUT2D eigenvalue weighted by atomic mass is 9.82. The molecule has 4 atom stereocenters. The van der Waals surface area contributed by atoms with Crippen molar-refractivity contribution < 1.29 is 4.74 Å². The fraction of sp³-hybridized carbons (Fsp3) is 0.800. The molecule has 19 heavy (non-hydrogen) atoms. The molecule has 3 nitrogen and oxygen atoms in total. The second-order valence-corrected chi connectivity index (χ2v) is 7.18. The molecule has 3 rings (SSSR count). The fourth-order valence-electron chi connectivity index (χ4n) is 3.55. The smallest absolute Gasteiger partial charge is 0.0946 e. The van der Waals surface area contributed by atoms with Crippen LogP contribution in [0.4, 0.5) is 0 Å². The first-order valence-electron chi connectivity index (χ1n) is 7.49. The van der Waals surface area contributed by atoms with Gasteiger partial charge in [-0.15, -0.1) is 11.3 Å². The minimum Gasteiger partial charge on any atom is -0.375 e. The third kappa shape index (κ3) is 2.71. The van der Waals surface area contributed by atoms with Crippen LogP contribution in [0.3, 0.4) is 0 Å². The molecular weight excluding hydrogens is 256 g/mol. The van der Waals surface area contributed by atoms with Gasteiger partial charge in [0.1, 0.15) is 0 Å². The Balaban J connectivity index is 1.70. The van der Waals surface area contributed by atoms with Crippen molar-refractivity contribution >= 4 is 11.3 Å². The zero-order valence-corrected chi connectivity index (χ0v) is 12.9. The Morgan fingerprint density at radius 2 is 2.26 bits per heavy atom. The molecule has 2 aliphatic heterocycles. The summed E-state index contributed by atoms with van der Waals surface area (Å²) in [7, 11) is 0. The molecule has 0 radical (unpaired) electrons. The van der Waals surface area contributed by atoms with Crippen molar-refractivity contribution in [3.05, 3.63) is 15.6 Å². The highest BCUT2D eigenvalue weighted by Gasteiger charge is 2.44. The molecule has 0 aliphatic carbocycles. The van der Waals surface area contributed by atoms with E-state index in [-0.39, 0.29) is 0 Å². The van der Waals surface area contributed by atoms with Crippen LogP contribution in [-0.4, -0.2) is 29.8 Å². The van der Waals surface area contributed by atoms with Crippen molar-refractivity contribution in [1.82, 2.24) is 10.3 Å². The lowest BCUT2D eigenvalue weighted by Gasteiger charge is -2.28. The molecule has 1 N–H and O–H groups in total. The fourth-order valence-corrected chi connectivity index (χ4v) is 4.54. The van der Waals surface area contributed by atoms with Gasteiger partial charge in [-0.1, -0.05) is 6.92 Å². The van der Waals surface area contributed by atoms with Crippen molar-refractivity contribution in [2.75, 3.05) is 6.54 Å². The van der Waals surface area contributed by atoms with Gasteiger partial charge in [-0.3, -0.25) is 0 Å². The van der Waals surface area contributed by atoms with E-state index in [0.717, 1.165) is 13.0 Å². The number of hydrogen-bond acceptors (Lipinski definition) is 4. The van der Waals surface area contributed by atoms with Crippen LogP contribution in [0.25, 0.3) is 0 Å². The summed E-state index contributed by atoms with van der Waals surface area (Å²) in [6, 6.07) is 0.533. The number of ether oxygens (including phenoxy) is 1. The molecular formula is C15H24N2OS. The van der Waals surface area contributed by atoms with E-state index in [1.807, 2.05) is 11.3 Å². The Bertz CT molecular complexity index is 426. The van der Waals surface area contributed by atoms with Crippen LogP contribution in [0, 0.1) is 19.8 Å². The number of aromatic nitrogens is 1. The number of nitrogens with zero attached hydrogens (tertiary/aromatic N) is 1. The Hall–Kier alpha value is -0.450. The van der Waals surface area contributed by atoms with Crippen LogP contribution in [-0.2, 0) is 11.2 Å². The van der Waals surface area contributed by atoms with Gasteiger partial charge in [0.15, 0.2) is 0 Å². The van der Waals surface area contributed by atoms with Gasteiger partial charge in [-0.05, 0) is 39.7 Å². The molecule has 0 saturated carbocycles. The van der Waals surface area contributed by atoms with E-state index in [1.54, 1.807) is 0 Å². The summed E-state index contributed by atoms with van der Waals surface area (Å²) >= 11 is 1.86. The standard InChI is InChI=1S/C15H24N2OS/c1-4-16-13(8-15-17-9(2)10(3)19-15)12-7-11-5-6-14(12)18-11/h11-14,16H,4-8H2,1-3H3. The molecule has 0 amide bonds. The van der Waals surface area contributed by atoms with Crippen molar-refractivity contribution in [3.8, 4) is 0 Å². The average Bonchev–Trinajstić information content (AvgIpc) is 3.06. The van der Waals surface area contributed by atoms with Gasteiger partial charge in [-0.2, -0.15) is 0 Å². The first-order chi connectivity index (χ1) is 9.17. The Morgan fingerprint density at radius 1 is 1.42 bits per heavy atom. The van der Waals surface area contributed by atoms with Crippen LogP contribution in [0.5, 0.6) is 0 Å². The van der Waals surface area contributed by atoms with E-state index in [0.29, 0.717) is 24.2 Å². The number of aryl methyl sites for hydroxylation is 2. The highest BCUT2D eigenvalue weighted by Crippen LogP contribution is 2.41. The number of rotatable bonds is 5. The Labute approximate surface area is 119 Å². The molecule has 2 saturated heterocycles. The quantitative estimate of drug-likeness (QED) is 0.900. The second-order valence-electron chi connectivity index (χ2n) is 5.89. The predicted octanol–water partition coefficient (Wildman–Crippen LogP) is 2.85. The second kappa shape index (κ2) is 5.51. The van der Waals surface area contributed by atoms with Gasteiger partial charge in [-0.25, -0.2) is 4.98 Å². The molecule has 2 fully saturated rings. The minimum absolute atomic E-state index is 0.496. The van der Waals surface area contributed by atoms with Gasteiger partial charge in [0.25, 0.3) is 0 Å². The maximum atomic E-state index is 6.02. The van der Waals surface area contributed by atoms with Gasteiger partial charge < -0.3 is 10.1 Å². The molecule has 3 heterocycles. The molecule has 106 valence electrons. The van der Waals surface area contributed by atoms with E-state index in [4.69, 9.17) is 9.72 Å². The maximum Gasteiger partial charge on any atom is 0.0946 e. The maximum absolute atomic E-state index is 6.02. The number of nitrogens with one attached hydrogen (secondary N) is 1. The van der Waals surface area contributed by atoms with Gasteiger partial charge in [0, 0.05) is 23.3 Å². The van der Waals surface area contributed by atoms with E-state index in [9.17, 15) is 0 Å². The summed E-state index contributed by atoms with van der Waals surface area (Å²) in [5.41, 5.74) is 1.19. The molecule has 1 aromatic rings. The highest BCUT2D eigenvalue weighted by molar-refractivity contribution is 7.11. The summed E-state index contributed by atoms with van der Waals surface area (Å²) in [4.78, 5) is 6.06. The topological polar surface area (TPSA) is 34.2 Å². The molecule has 4 heteroatoms. The first-order valence-corrected chi connectivity index (χ1v) is 8.30. The van der Waals surface area contributed by atoms with Gasteiger partial charge in [0.05, 0.1) is 22.9 Å². The van der Waals surface area contributed by atoms with Crippen LogP contribution in [0.1, 0.15) is 41.8 Å². The van der Waals surface area contributed by atoms with E-state index >= 15 is 0 Å². The van der Waals surface area contributed by atoms with E-state index in [2.05, 4.69) is 26.1 Å². The summed E-state index contributed by atoms with van der Waals surface area (Å²) in [6.07, 6.45) is 5.87. The Kier molecular flexibility index (Phi) is 3.92. The molecule has 2 bridgehead atoms. The molecule has 0 aromatic carbocycles. The number of likely N-dealkylation sites (N-methyl/N-ethyl adjacent to an activating group) is 1. The van der Waals surface area contributed by atoms with E-state index < -0.39 is 0 Å². The highest BCUT2D eigenvalue weighted by atomic mass is 32.1. The minimum atomic E-state index is 0.496. The normalized spacial score (nSPS) is 31.0. The number of fused-ring (bicyclic) bond motifs is 2. The summed E-state index contributed by atoms with van der Waals surface area (Å²) in [5, 5.41) is 4.95. The monoisotopic (exact) mass is 280 g/mol. The van der Waals surface area contributed by atoms with Crippen molar-refractivity contribution in [1.29, 1.82) is 0 Å². The zero-order valence-electron chi connectivity index (χ0n) is 12.1. The molecule has 2 aliphatic rings. The molecule has 4 unspecified atom stereocenters. The summed E-state index contributed by atoms with van der Waals surface area (Å²) in [5.74, 6) is 0.684. The van der Waals surface area contributed by atoms with Crippen LogP contribution < -0.4 is 5.32 Å². The Morgan fingerprint density at radius 3 is 2.79 bits per heavy atom. The third-order valence-corrected chi connectivity index (χ3v) is 5.70. The number of thiazole rings is 1. The first kappa shape index (κ1) is 13.5. The van der Waals surface area contributed by atoms with Crippen molar-refractivity contribution in [2.24, 2.45) is 5.92 Å². The van der Waals surface area contributed by atoms with Crippen LogP contribution >= 0.6 is 11.3 Å². The van der Waals surface area contributed by atoms with Gasteiger partial charge >= 0.3 is 0 Å². The van der Waals surface area contributed by atoms with Crippen molar-refractivity contribution in [3.63, 3.8) is 0 Å². The lowest BCUT2D eigenvalue weighted by Crippen LogP contribution is -2.42. The van der Waals surface area contributed by atoms with Gasteiger partial charge in [0.2, 0.25) is 0 Å². The zero-order chi connectivity index (χ0) is 13.4. The molecule has 0 spiro atoms. The van der Waals surface area contributed by atoms with Crippen molar-refractivity contribution in [2.45, 2.75) is 64.7 Å². The molecule has 1 aromatic heterocycles. The average molecular weight is 280 g/mol. The SMILES string of the molecule is CCNC(Cc1nc(C)c(C)s1)C1CC2CCC1O2. The number of hydrogen-bond donors (Lipinski definition) is 1. The predicted molar refractivity (Wildman–Crippen MR) is 78.8 cm³/mol.